The number of hydrogen-bond donors (Lipinski definition) is 2. The molecule has 2 heteroatoms. The molecule has 24 heavy (non-hydrogen) atoms. The lowest BCUT2D eigenvalue weighted by Crippen LogP contribution is -2.04. The molecule has 0 unspecified atom stereocenters. The molecule has 1 aromatic carbocycles. The zero-order chi connectivity index (χ0) is 17.6. The number of aryl methyl sites for hydroxylation is 1. The van der Waals surface area contributed by atoms with Crippen molar-refractivity contribution in [2.24, 2.45) is 0 Å². The Kier molecular flexibility index (Phi) is 11.4. The molecular formula is C22H40N2. The van der Waals surface area contributed by atoms with Crippen LogP contribution < -0.4 is 11.5 Å². The third-order valence-electron chi connectivity index (χ3n) is 5.06. The Labute approximate surface area is 150 Å². The molecule has 138 valence electrons. The van der Waals surface area contributed by atoms with Crippen molar-refractivity contribution in [1.82, 2.24) is 0 Å². The van der Waals surface area contributed by atoms with Gasteiger partial charge in [-0.25, -0.2) is 0 Å². The highest BCUT2D eigenvalue weighted by atomic mass is 14.6. The molecule has 0 saturated carbocycles. The van der Waals surface area contributed by atoms with Crippen LogP contribution in [0.25, 0.3) is 0 Å². The molecule has 0 aliphatic carbocycles. The Morgan fingerprint density at radius 3 is 1.71 bits per heavy atom. The van der Waals surface area contributed by atoms with Gasteiger partial charge in [-0.1, -0.05) is 84.1 Å². The molecule has 1 aromatic rings. The van der Waals surface area contributed by atoms with Crippen molar-refractivity contribution >= 4 is 11.4 Å². The first-order chi connectivity index (χ1) is 11.7. The summed E-state index contributed by atoms with van der Waals surface area (Å²) in [5.74, 6) is 0. The summed E-state index contributed by atoms with van der Waals surface area (Å²) in [6, 6.07) is 4.21. The van der Waals surface area contributed by atoms with Crippen LogP contribution in [-0.4, -0.2) is 0 Å². The summed E-state index contributed by atoms with van der Waals surface area (Å²) in [5.41, 5.74) is 17.0. The van der Waals surface area contributed by atoms with E-state index in [1.165, 1.54) is 88.2 Å². The largest absolute Gasteiger partial charge is 0.398 e. The molecule has 0 aromatic heterocycles. The summed E-state index contributed by atoms with van der Waals surface area (Å²) in [6.07, 6.45) is 18.0. The lowest BCUT2D eigenvalue weighted by Gasteiger charge is -2.14. The fourth-order valence-corrected chi connectivity index (χ4v) is 3.40. The Morgan fingerprint density at radius 1 is 0.625 bits per heavy atom. The average Bonchev–Trinajstić information content (AvgIpc) is 2.58. The summed E-state index contributed by atoms with van der Waals surface area (Å²) < 4.78 is 0. The number of unbranched alkanes of at least 4 members (excludes halogenated alkanes) is 10. The summed E-state index contributed by atoms with van der Waals surface area (Å²) in [5, 5.41) is 0. The molecule has 0 radical (unpaired) electrons. The quantitative estimate of drug-likeness (QED) is 0.296. The van der Waals surface area contributed by atoms with Crippen LogP contribution >= 0.6 is 0 Å². The van der Waals surface area contributed by atoms with E-state index in [1.807, 2.05) is 0 Å². The topological polar surface area (TPSA) is 52.0 Å². The normalized spacial score (nSPS) is 11.1. The number of nitrogens with two attached hydrogens (primary N) is 2. The Bertz CT molecular complexity index is 440. The van der Waals surface area contributed by atoms with Gasteiger partial charge in [-0.3, -0.25) is 0 Å². The highest BCUT2D eigenvalue weighted by Crippen LogP contribution is 2.27. The monoisotopic (exact) mass is 332 g/mol. The third-order valence-corrected chi connectivity index (χ3v) is 5.06. The van der Waals surface area contributed by atoms with Gasteiger partial charge in [-0.2, -0.15) is 0 Å². The van der Waals surface area contributed by atoms with E-state index in [0.717, 1.165) is 24.2 Å². The molecule has 0 aliphatic heterocycles. The highest BCUT2D eigenvalue weighted by Gasteiger charge is 2.09. The Hall–Kier alpha value is -1.18. The maximum absolute atomic E-state index is 6.43. The van der Waals surface area contributed by atoms with Crippen LogP contribution in [0.5, 0.6) is 0 Å². The molecule has 1 rings (SSSR count). The SMILES string of the molecule is CCCCCCCCc1ccc(N)c(CCCCCCCC)c1N. The number of hydrogen-bond acceptors (Lipinski definition) is 2. The smallest absolute Gasteiger partial charge is 0.0399 e. The Balaban J connectivity index is 2.39. The van der Waals surface area contributed by atoms with E-state index < -0.39 is 0 Å². The lowest BCUT2D eigenvalue weighted by atomic mass is 9.96. The van der Waals surface area contributed by atoms with Crippen molar-refractivity contribution in [3.05, 3.63) is 23.3 Å². The van der Waals surface area contributed by atoms with E-state index in [0.29, 0.717) is 0 Å². The summed E-state index contributed by atoms with van der Waals surface area (Å²) in [7, 11) is 0. The van der Waals surface area contributed by atoms with Crippen LogP contribution in [0.3, 0.4) is 0 Å². The maximum Gasteiger partial charge on any atom is 0.0399 e. The van der Waals surface area contributed by atoms with Gasteiger partial charge in [0.15, 0.2) is 0 Å². The van der Waals surface area contributed by atoms with Crippen molar-refractivity contribution in [2.45, 2.75) is 104 Å². The lowest BCUT2D eigenvalue weighted by molar-refractivity contribution is 0.605. The van der Waals surface area contributed by atoms with E-state index in [2.05, 4.69) is 26.0 Å². The van der Waals surface area contributed by atoms with Crippen LogP contribution in [0, 0.1) is 0 Å². The summed E-state index contributed by atoms with van der Waals surface area (Å²) >= 11 is 0. The van der Waals surface area contributed by atoms with Crippen molar-refractivity contribution in [3.63, 3.8) is 0 Å². The molecule has 0 spiro atoms. The van der Waals surface area contributed by atoms with Crippen LogP contribution in [0.4, 0.5) is 11.4 Å². The second kappa shape index (κ2) is 13.1. The van der Waals surface area contributed by atoms with Crippen LogP contribution in [0.1, 0.15) is 102 Å². The molecule has 4 N–H and O–H groups in total. The average molecular weight is 333 g/mol. The van der Waals surface area contributed by atoms with E-state index in [-0.39, 0.29) is 0 Å². The van der Waals surface area contributed by atoms with E-state index in [1.54, 1.807) is 0 Å². The molecule has 0 bridgehead atoms. The first kappa shape index (κ1) is 20.9. The second-order valence-corrected chi connectivity index (χ2v) is 7.24. The highest BCUT2D eigenvalue weighted by molar-refractivity contribution is 5.65. The number of rotatable bonds is 14. The van der Waals surface area contributed by atoms with Gasteiger partial charge in [-0.15, -0.1) is 0 Å². The van der Waals surface area contributed by atoms with Crippen LogP contribution in [0.15, 0.2) is 12.1 Å². The molecule has 0 fully saturated rings. The van der Waals surface area contributed by atoms with Gasteiger partial charge in [-0.05, 0) is 42.9 Å². The Morgan fingerprint density at radius 2 is 1.12 bits per heavy atom. The molecule has 0 aliphatic rings. The molecule has 2 nitrogen and oxygen atoms in total. The molecular weight excluding hydrogens is 292 g/mol. The first-order valence-corrected chi connectivity index (χ1v) is 10.4. The minimum atomic E-state index is 0.882. The number of nitrogen functional groups attached to an aromatic ring is 2. The molecule has 0 atom stereocenters. The third kappa shape index (κ3) is 8.08. The maximum atomic E-state index is 6.43. The van der Waals surface area contributed by atoms with Gasteiger partial charge >= 0.3 is 0 Å². The van der Waals surface area contributed by atoms with E-state index in [4.69, 9.17) is 11.5 Å². The first-order valence-electron chi connectivity index (χ1n) is 10.4. The number of anilines is 2. The molecule has 0 heterocycles. The fourth-order valence-electron chi connectivity index (χ4n) is 3.40. The standard InChI is InChI=1S/C22H40N2/c1-3-5-7-9-11-13-15-19-17-18-21(23)20(22(19)24)16-14-12-10-8-6-4-2/h17-18H,3-16,23-24H2,1-2H3. The van der Waals surface area contributed by atoms with Gasteiger partial charge in [0.2, 0.25) is 0 Å². The van der Waals surface area contributed by atoms with Gasteiger partial charge in [0.25, 0.3) is 0 Å². The van der Waals surface area contributed by atoms with Crippen LogP contribution in [-0.2, 0) is 12.8 Å². The van der Waals surface area contributed by atoms with Crippen molar-refractivity contribution < 1.29 is 0 Å². The van der Waals surface area contributed by atoms with Crippen LogP contribution in [0.2, 0.25) is 0 Å². The summed E-state index contributed by atoms with van der Waals surface area (Å²) in [4.78, 5) is 0. The predicted molar refractivity (Wildman–Crippen MR) is 109 cm³/mol. The number of benzene rings is 1. The second-order valence-electron chi connectivity index (χ2n) is 7.24. The molecule has 0 saturated heterocycles. The minimum absolute atomic E-state index is 0.882. The summed E-state index contributed by atoms with van der Waals surface area (Å²) in [6.45, 7) is 4.52. The minimum Gasteiger partial charge on any atom is -0.398 e. The van der Waals surface area contributed by atoms with Crippen molar-refractivity contribution in [1.29, 1.82) is 0 Å². The zero-order valence-corrected chi connectivity index (χ0v) is 16.2. The fraction of sp³-hybridized carbons (Fsp3) is 0.727. The van der Waals surface area contributed by atoms with Gasteiger partial charge in [0, 0.05) is 11.4 Å². The van der Waals surface area contributed by atoms with Gasteiger partial charge < -0.3 is 11.5 Å². The van der Waals surface area contributed by atoms with Gasteiger partial charge in [0.05, 0.1) is 0 Å². The van der Waals surface area contributed by atoms with E-state index >= 15 is 0 Å². The van der Waals surface area contributed by atoms with Crippen molar-refractivity contribution in [3.8, 4) is 0 Å². The molecule has 0 amide bonds. The van der Waals surface area contributed by atoms with E-state index in [9.17, 15) is 0 Å². The van der Waals surface area contributed by atoms with Crippen molar-refractivity contribution in [2.75, 3.05) is 11.5 Å². The zero-order valence-electron chi connectivity index (χ0n) is 16.2. The van der Waals surface area contributed by atoms with Gasteiger partial charge in [0.1, 0.15) is 0 Å². The predicted octanol–water partition coefficient (Wildman–Crippen LogP) is 6.66.